The Morgan fingerprint density at radius 1 is 0.724 bits per heavy atom. The highest BCUT2D eigenvalue weighted by Gasteiger charge is 2.56. The number of rotatable bonds is 10. The number of Topliss-reactive ketones (excluding diaryl/α,β-unsaturated/α-hetero) is 1. The normalized spacial score (nSPS) is 33.3. The maximum atomic E-state index is 11.8. The predicted octanol–water partition coefficient (Wildman–Crippen LogP) is -3.90. The van der Waals surface area contributed by atoms with Gasteiger partial charge in [0.1, 0.15) is 49.8 Å². The van der Waals surface area contributed by atoms with Crippen LogP contribution in [0.15, 0.2) is 0 Å². The van der Waals surface area contributed by atoms with Crippen LogP contribution in [0.2, 0.25) is 0 Å². The van der Waals surface area contributed by atoms with E-state index in [1.807, 2.05) is 0 Å². The van der Waals surface area contributed by atoms with Gasteiger partial charge in [-0.2, -0.15) is 0 Å². The molecule has 0 radical (unpaired) electrons. The van der Waals surface area contributed by atoms with Gasteiger partial charge in [0.2, 0.25) is 0 Å². The molecule has 1 rings (SSSR count). The van der Waals surface area contributed by atoms with Crippen molar-refractivity contribution in [3.63, 3.8) is 0 Å². The van der Waals surface area contributed by atoms with E-state index in [0.29, 0.717) is 0 Å². The van der Waals surface area contributed by atoms with Crippen LogP contribution < -0.4 is 0 Å². The Hall–Kier alpha value is -0.160. The lowest BCUT2D eigenvalue weighted by Crippen LogP contribution is -2.65. The Kier molecular flexibility index (Phi) is 9.24. The summed E-state index contributed by atoms with van der Waals surface area (Å²) in [7, 11) is -16.2. The minimum atomic E-state index is -5.50. The van der Waals surface area contributed by atoms with Gasteiger partial charge in [0.25, 0.3) is 0 Å². The zero-order valence-electron chi connectivity index (χ0n) is 14.0. The summed E-state index contributed by atoms with van der Waals surface area (Å²) in [6.45, 7) is -2.20. The van der Waals surface area contributed by atoms with Gasteiger partial charge in [0, 0.05) is 0 Å². The molecule has 0 aromatic carbocycles. The third kappa shape index (κ3) is 8.47. The van der Waals surface area contributed by atoms with Crippen LogP contribution in [0.3, 0.4) is 0 Å². The quantitative estimate of drug-likeness (QED) is 0.132. The molecule has 0 aromatic heterocycles. The smallest absolute Gasteiger partial charge is 0.388 e. The van der Waals surface area contributed by atoms with E-state index in [4.69, 9.17) is 24.7 Å². The second kappa shape index (κ2) is 9.97. The maximum absolute atomic E-state index is 11.8. The number of hydrogen-bond donors (Lipinski definition) is 9. The van der Waals surface area contributed by atoms with Gasteiger partial charge in [-0.15, -0.1) is 0 Å². The molecule has 20 heteroatoms. The summed E-state index contributed by atoms with van der Waals surface area (Å²) in [5, 5.41) is 38.6. The second-order valence-electron chi connectivity index (χ2n) is 5.60. The largest absolute Gasteiger partial charge is 0.473 e. The lowest BCUT2D eigenvalue weighted by Gasteiger charge is -2.44. The molecule has 1 aliphatic carbocycles. The molecule has 0 aromatic rings. The third-order valence-corrected chi connectivity index (χ3v) is 5.36. The average molecular weight is 492 g/mol. The van der Waals surface area contributed by atoms with Crippen LogP contribution in [0.25, 0.3) is 0 Å². The minimum Gasteiger partial charge on any atom is -0.388 e. The lowest BCUT2D eigenvalue weighted by molar-refractivity contribution is -0.212. The van der Waals surface area contributed by atoms with Crippen molar-refractivity contribution in [2.45, 2.75) is 36.6 Å². The van der Waals surface area contributed by atoms with Crippen molar-refractivity contribution in [1.29, 1.82) is 0 Å². The molecule has 29 heavy (non-hydrogen) atoms. The van der Waals surface area contributed by atoms with E-state index in [9.17, 15) is 38.7 Å². The van der Waals surface area contributed by atoms with Crippen LogP contribution in [-0.2, 0) is 36.6 Å². The fourth-order valence-corrected chi connectivity index (χ4v) is 4.28. The molecule has 0 heterocycles. The molecule has 1 fully saturated rings. The molecular formula is C9H19O17P3. The SMILES string of the molecule is O=C(CO)COP(=O)(O)O[C@H]1[C@H](O)[C@@H](O)[C@H](OP(=O)(O)O)[C@H](OP(=O)(O)O)[C@@H]1O. The van der Waals surface area contributed by atoms with Crippen LogP contribution >= 0.6 is 23.5 Å². The Balaban J connectivity index is 3.15. The maximum Gasteiger partial charge on any atom is 0.473 e. The van der Waals surface area contributed by atoms with Crippen LogP contribution in [0.1, 0.15) is 0 Å². The molecule has 1 saturated carbocycles. The van der Waals surface area contributed by atoms with Gasteiger partial charge in [-0.25, -0.2) is 13.7 Å². The summed E-state index contributed by atoms with van der Waals surface area (Å²) in [6, 6.07) is 0. The summed E-state index contributed by atoms with van der Waals surface area (Å²) >= 11 is 0. The molecule has 17 nitrogen and oxygen atoms in total. The van der Waals surface area contributed by atoms with E-state index in [1.54, 1.807) is 0 Å². The van der Waals surface area contributed by atoms with E-state index >= 15 is 0 Å². The first-order valence-corrected chi connectivity index (χ1v) is 11.8. The number of ketones is 1. The van der Waals surface area contributed by atoms with Gasteiger partial charge in [-0.3, -0.25) is 22.9 Å². The highest BCUT2D eigenvalue weighted by molar-refractivity contribution is 7.47. The van der Waals surface area contributed by atoms with Gasteiger partial charge in [-0.1, -0.05) is 0 Å². The molecule has 172 valence electrons. The predicted molar refractivity (Wildman–Crippen MR) is 84.6 cm³/mol. The molecule has 1 aliphatic rings. The van der Waals surface area contributed by atoms with Crippen molar-refractivity contribution in [2.75, 3.05) is 13.2 Å². The van der Waals surface area contributed by atoms with Crippen molar-refractivity contribution in [3.05, 3.63) is 0 Å². The van der Waals surface area contributed by atoms with E-state index < -0.39 is 79.1 Å². The molecule has 0 spiro atoms. The number of aliphatic hydroxyl groups excluding tert-OH is 4. The molecule has 0 aliphatic heterocycles. The Labute approximate surface area is 161 Å². The van der Waals surface area contributed by atoms with Gasteiger partial charge in [0.05, 0.1) is 0 Å². The molecule has 1 unspecified atom stereocenters. The van der Waals surface area contributed by atoms with E-state index in [2.05, 4.69) is 18.1 Å². The molecular weight excluding hydrogens is 473 g/mol. The summed E-state index contributed by atoms with van der Waals surface area (Å²) in [6.07, 6.45) is -14.7. The standard InChI is InChI=1S/C9H19O17P3/c10-1-3(11)2-23-29(21,22)26-7-4(12)5(13)8(24-27(15,16)17)9(6(7)14)25-28(18,19)20/h4-10,12-14H,1-2H2,(H,21,22)(H2,15,16,17)(H2,18,19,20)/t4-,5-,6-,7+,8+,9-/m1/s1. The summed E-state index contributed by atoms with van der Waals surface area (Å²) in [5.41, 5.74) is 0. The summed E-state index contributed by atoms with van der Waals surface area (Å²) in [5.74, 6) is -1.06. The van der Waals surface area contributed by atoms with Gasteiger partial charge >= 0.3 is 23.5 Å². The molecule has 0 saturated heterocycles. The highest BCUT2D eigenvalue weighted by atomic mass is 31.2. The summed E-state index contributed by atoms with van der Waals surface area (Å²) < 4.78 is 50.7. The highest BCUT2D eigenvalue weighted by Crippen LogP contribution is 2.50. The molecule has 0 bridgehead atoms. The lowest BCUT2D eigenvalue weighted by atomic mass is 9.85. The fraction of sp³-hybridized carbons (Fsp3) is 0.889. The zero-order chi connectivity index (χ0) is 22.8. The van der Waals surface area contributed by atoms with E-state index in [-0.39, 0.29) is 0 Å². The van der Waals surface area contributed by atoms with Crippen molar-refractivity contribution in [1.82, 2.24) is 0 Å². The Bertz CT molecular complexity index is 713. The van der Waals surface area contributed by atoms with Gasteiger partial charge < -0.3 is 44.9 Å². The van der Waals surface area contributed by atoms with E-state index in [1.165, 1.54) is 0 Å². The number of carbonyl (C=O) groups excluding carboxylic acids is 1. The number of carbonyl (C=O) groups is 1. The van der Waals surface area contributed by atoms with Crippen LogP contribution in [0, 0.1) is 0 Å². The average Bonchev–Trinajstić information content (AvgIpc) is 2.56. The van der Waals surface area contributed by atoms with Crippen LogP contribution in [-0.4, -0.2) is 101 Å². The first kappa shape index (κ1) is 26.9. The number of aliphatic hydroxyl groups is 4. The second-order valence-corrected chi connectivity index (χ2v) is 9.39. The van der Waals surface area contributed by atoms with Gasteiger partial charge in [-0.05, 0) is 0 Å². The fourth-order valence-electron chi connectivity index (χ4n) is 2.24. The van der Waals surface area contributed by atoms with Crippen molar-refractivity contribution in [3.8, 4) is 0 Å². The Morgan fingerprint density at radius 3 is 1.55 bits per heavy atom. The third-order valence-electron chi connectivity index (χ3n) is 3.36. The Morgan fingerprint density at radius 2 is 1.14 bits per heavy atom. The molecule has 7 atom stereocenters. The number of phosphoric acid groups is 3. The first-order valence-electron chi connectivity index (χ1n) is 7.28. The van der Waals surface area contributed by atoms with Crippen LogP contribution in [0.4, 0.5) is 0 Å². The molecule has 9 N–H and O–H groups in total. The first-order chi connectivity index (χ1) is 13.0. The zero-order valence-corrected chi connectivity index (χ0v) is 16.7. The van der Waals surface area contributed by atoms with Crippen molar-refractivity contribution < 1.29 is 81.5 Å². The van der Waals surface area contributed by atoms with Gasteiger partial charge in [0.15, 0.2) is 5.78 Å². The van der Waals surface area contributed by atoms with Crippen molar-refractivity contribution in [2.24, 2.45) is 0 Å². The molecule has 0 amide bonds. The monoisotopic (exact) mass is 492 g/mol. The summed E-state index contributed by atoms with van der Waals surface area (Å²) in [4.78, 5) is 55.9. The topological polar surface area (TPSA) is 287 Å². The van der Waals surface area contributed by atoms with Crippen LogP contribution in [0.5, 0.6) is 0 Å². The minimum absolute atomic E-state index is 1.06. The number of phosphoric ester groups is 3. The number of hydrogen-bond acceptors (Lipinski definition) is 12. The van der Waals surface area contributed by atoms with E-state index in [0.717, 1.165) is 0 Å². The van der Waals surface area contributed by atoms with Crippen molar-refractivity contribution >= 4 is 29.3 Å².